The second-order valence-electron chi connectivity index (χ2n) is 21.7. The lowest BCUT2D eigenvalue weighted by Crippen LogP contribution is -2.52. The van der Waals surface area contributed by atoms with E-state index in [4.69, 9.17) is 43.6 Å². The summed E-state index contributed by atoms with van der Waals surface area (Å²) >= 11 is 0. The monoisotopic (exact) mass is 1190 g/mol. The van der Waals surface area contributed by atoms with Gasteiger partial charge in [-0.25, -0.2) is 4.98 Å². The number of aryl methyl sites for hydroxylation is 2. The van der Waals surface area contributed by atoms with Gasteiger partial charge in [0.25, 0.3) is 0 Å². The van der Waals surface area contributed by atoms with Crippen molar-refractivity contribution in [1.29, 1.82) is 0 Å². The van der Waals surface area contributed by atoms with Crippen LogP contribution < -0.4 is 16.4 Å². The third kappa shape index (κ3) is 32.5. The second kappa shape index (κ2) is 43.2. The topological polar surface area (TPSA) is 305 Å². The molecule has 4 amide bonds. The number of carbonyl (C=O) groups is 6. The van der Waals surface area contributed by atoms with Crippen molar-refractivity contribution in [2.24, 2.45) is 29.4 Å². The van der Waals surface area contributed by atoms with Gasteiger partial charge in [-0.2, -0.15) is 0 Å². The number of hydrogen-bond acceptors (Lipinski definition) is 16. The van der Waals surface area contributed by atoms with Crippen LogP contribution in [0.1, 0.15) is 116 Å². The summed E-state index contributed by atoms with van der Waals surface area (Å²) in [4.78, 5) is 107. The van der Waals surface area contributed by atoms with Crippen LogP contribution in [-0.2, 0) is 90.6 Å². The van der Waals surface area contributed by atoms with Crippen LogP contribution in [0.5, 0.6) is 0 Å². The number of carbonyl (C=O) groups excluding carboxylic acids is 6. The van der Waals surface area contributed by atoms with Gasteiger partial charge in [-0.1, -0.05) is 76.8 Å². The molecule has 1 unspecified atom stereocenters. The van der Waals surface area contributed by atoms with Crippen molar-refractivity contribution < 1.29 is 81.0 Å². The number of unbranched alkanes of at least 4 members (excludes halogenated alkanes) is 5. The van der Waals surface area contributed by atoms with E-state index in [1.165, 1.54) is 24.3 Å². The van der Waals surface area contributed by atoms with Gasteiger partial charge in [0.15, 0.2) is 11.6 Å². The fraction of sp³-hybridized carbons (Fsp3) is 0.746. The summed E-state index contributed by atoms with van der Waals surface area (Å²) in [6.45, 7) is 13.9. The quantitative estimate of drug-likeness (QED) is 0.0445. The van der Waals surface area contributed by atoms with Gasteiger partial charge in [0, 0.05) is 57.3 Å². The fourth-order valence-electron chi connectivity index (χ4n) is 9.68. The molecule has 1 fully saturated rings. The molecule has 0 saturated carbocycles. The zero-order valence-corrected chi connectivity index (χ0v) is 51.0. The highest BCUT2D eigenvalue weighted by Gasteiger charge is 2.38. The lowest BCUT2D eigenvalue weighted by Gasteiger charge is -2.28. The number of amides is 4. The maximum Gasteiger partial charge on any atom is 0.325 e. The molecule has 0 bridgehead atoms. The summed E-state index contributed by atoms with van der Waals surface area (Å²) < 4.78 is 57.2. The van der Waals surface area contributed by atoms with Crippen LogP contribution in [-0.4, -0.2) is 196 Å². The molecule has 1 aliphatic rings. The molecule has 0 spiro atoms. The molecule has 472 valence electrons. The number of aromatic nitrogens is 2. The number of methoxy groups -OCH3 is 1. The Morgan fingerprint density at radius 2 is 1.25 bits per heavy atom. The summed E-state index contributed by atoms with van der Waals surface area (Å²) in [6.07, 6.45) is 10.7. The number of hydrogen-bond donors (Lipinski definition) is 5. The molecule has 23 nitrogen and oxygen atoms in total. The lowest BCUT2D eigenvalue weighted by atomic mass is 9.87. The normalized spacial score (nSPS) is 15.5. The van der Waals surface area contributed by atoms with Crippen LogP contribution >= 0.6 is 7.60 Å². The highest BCUT2D eigenvalue weighted by atomic mass is 31.2. The van der Waals surface area contributed by atoms with Gasteiger partial charge in [0.2, 0.25) is 23.6 Å². The van der Waals surface area contributed by atoms with E-state index < -0.39 is 85.3 Å². The second-order valence-corrected chi connectivity index (χ2v) is 23.4. The summed E-state index contributed by atoms with van der Waals surface area (Å²) in [6, 6.07) is 7.49. The van der Waals surface area contributed by atoms with Crippen molar-refractivity contribution in [3.63, 3.8) is 0 Å². The van der Waals surface area contributed by atoms with E-state index in [0.717, 1.165) is 44.9 Å². The molecular formula is C59H99N6O17P. The first-order valence-electron chi connectivity index (χ1n) is 29.8. The Kier molecular flexibility index (Phi) is 37.8. The predicted octanol–water partition coefficient (Wildman–Crippen LogP) is 4.64. The van der Waals surface area contributed by atoms with Gasteiger partial charge >= 0.3 is 7.60 Å². The Bertz CT molecular complexity index is 2180. The number of rotatable bonds is 51. The van der Waals surface area contributed by atoms with Crippen molar-refractivity contribution in [1.82, 2.24) is 25.1 Å². The maximum atomic E-state index is 14.5. The zero-order chi connectivity index (χ0) is 60.7. The van der Waals surface area contributed by atoms with Gasteiger partial charge < -0.3 is 73.5 Å². The van der Waals surface area contributed by atoms with E-state index in [1.807, 2.05) is 24.5 Å². The largest absolute Gasteiger partial charge is 0.382 e. The summed E-state index contributed by atoms with van der Waals surface area (Å²) in [5, 5.41) is 5.67. The molecule has 6 atom stereocenters. The van der Waals surface area contributed by atoms with E-state index in [1.54, 1.807) is 19.6 Å². The van der Waals surface area contributed by atoms with Crippen molar-refractivity contribution >= 4 is 42.8 Å². The Balaban J connectivity index is 1.50. The first-order valence-corrected chi connectivity index (χ1v) is 31.5. The summed E-state index contributed by atoms with van der Waals surface area (Å²) in [5.41, 5.74) is 7.62. The molecule has 1 aromatic heterocycles. The molecule has 1 saturated heterocycles. The van der Waals surface area contributed by atoms with Gasteiger partial charge in [-0.05, 0) is 62.8 Å². The van der Waals surface area contributed by atoms with E-state index in [-0.39, 0.29) is 50.7 Å². The van der Waals surface area contributed by atoms with Crippen LogP contribution in [0.2, 0.25) is 0 Å². The first-order chi connectivity index (χ1) is 39.9. The Hall–Kier alpha value is -4.52. The fourth-order valence-corrected chi connectivity index (χ4v) is 10.7. The molecule has 2 heterocycles. The average Bonchev–Trinajstić information content (AvgIpc) is 4.23. The number of nitrogens with one attached hydrogen (secondary N) is 2. The molecule has 3 rings (SSSR count). The molecule has 0 radical (unpaired) electrons. The van der Waals surface area contributed by atoms with E-state index >= 15 is 0 Å². The minimum Gasteiger partial charge on any atom is -0.382 e. The van der Waals surface area contributed by atoms with Crippen LogP contribution in [0.25, 0.3) is 0 Å². The third-order valence-electron chi connectivity index (χ3n) is 14.3. The molecule has 1 aliphatic heterocycles. The van der Waals surface area contributed by atoms with Crippen molar-refractivity contribution in [2.75, 3.05) is 119 Å². The maximum absolute atomic E-state index is 14.5. The summed E-state index contributed by atoms with van der Waals surface area (Å²) in [7, 11) is -2.91. The number of Topliss-reactive ketones (excluding diaryl/α,β-unsaturated/α-hetero) is 2. The standard InChI is InChI=1S/C59H99N6O17P/c1-45(2)38-52(63-59(71)53-19-15-22-65(53)56(68)20-23-76-26-27-78-30-31-80-34-35-82-37-36-81-33-32-79-29-28-77-25-24-75-5)55(67)40-49(58(70)62-47(4)54(66)41-51(57(60)69)46(3)43-83(72,73)74)39-50-42-61-44-64(50)21-14-9-7-6-8-11-16-48-17-12-10-13-18-48/h10,12-13,17-18,42,44-47,49,51-53H,6-9,11,14-16,19-41,43H2,1-5H3,(H2,60,69)(H,62,70)(H,63,71)(H2,72,73,74)/t46-,47-,49+,51-,52-,53?/m0/s1. The average molecular weight is 1200 g/mol. The molecule has 83 heavy (non-hydrogen) atoms. The number of benzene rings is 1. The smallest absolute Gasteiger partial charge is 0.325 e. The number of nitrogens with two attached hydrogens (primary N) is 1. The number of ether oxygens (including phenoxy) is 8. The molecule has 6 N–H and O–H groups in total. The highest BCUT2D eigenvalue weighted by Crippen LogP contribution is 2.39. The van der Waals surface area contributed by atoms with Crippen LogP contribution in [0.15, 0.2) is 42.9 Å². The third-order valence-corrected chi connectivity index (χ3v) is 15.3. The van der Waals surface area contributed by atoms with Gasteiger partial charge in [-0.15, -0.1) is 0 Å². The molecular weight excluding hydrogens is 1100 g/mol. The number of likely N-dealkylation sites (tertiary alicyclic amines) is 1. The number of primary amides is 1. The SMILES string of the molecule is COCCOCCOCCOCCOCCOCCOCCOCCC(=O)N1CCCC1C(=O)N[C@@H](CC(C)C)C(=O)C[C@@H](Cc1cncn1CCCCCCCCc1ccccc1)C(=O)N[C@@H](C)C(=O)C[C@H](C(N)=O)[C@@H](C)CP(=O)(O)O. The van der Waals surface area contributed by atoms with Crippen molar-refractivity contribution in [3.05, 3.63) is 54.1 Å². The van der Waals surface area contributed by atoms with Crippen molar-refractivity contribution in [2.45, 2.75) is 142 Å². The van der Waals surface area contributed by atoms with E-state index in [9.17, 15) is 43.1 Å². The minimum absolute atomic E-state index is 0.0444. The Labute approximate surface area is 491 Å². The molecule has 0 aliphatic carbocycles. The van der Waals surface area contributed by atoms with Gasteiger partial charge in [0.1, 0.15) is 6.04 Å². The van der Waals surface area contributed by atoms with Crippen molar-refractivity contribution in [3.8, 4) is 0 Å². The lowest BCUT2D eigenvalue weighted by molar-refractivity contribution is -0.140. The van der Waals surface area contributed by atoms with E-state index in [2.05, 4.69) is 39.9 Å². The predicted molar refractivity (Wildman–Crippen MR) is 311 cm³/mol. The van der Waals surface area contributed by atoms with Crippen LogP contribution in [0, 0.1) is 23.7 Å². The number of nitrogens with zero attached hydrogens (tertiary/aromatic N) is 3. The van der Waals surface area contributed by atoms with Crippen LogP contribution in [0.3, 0.4) is 0 Å². The summed E-state index contributed by atoms with van der Waals surface area (Å²) in [5.74, 6) is -6.40. The van der Waals surface area contributed by atoms with Gasteiger partial charge in [0.05, 0.1) is 136 Å². The highest BCUT2D eigenvalue weighted by molar-refractivity contribution is 7.51. The molecule has 24 heteroatoms. The number of ketones is 2. The Morgan fingerprint density at radius 3 is 1.80 bits per heavy atom. The van der Waals surface area contributed by atoms with E-state index in [0.29, 0.717) is 118 Å². The first kappa shape index (κ1) is 72.7. The molecule has 1 aromatic carbocycles. The minimum atomic E-state index is -4.54. The van der Waals surface area contributed by atoms with Crippen LogP contribution in [0.4, 0.5) is 0 Å². The number of imidazole rings is 1. The Morgan fingerprint density at radius 1 is 0.711 bits per heavy atom. The molecule has 2 aromatic rings. The van der Waals surface area contributed by atoms with Gasteiger partial charge in [-0.3, -0.25) is 33.3 Å². The zero-order valence-electron chi connectivity index (χ0n) is 50.1.